The van der Waals surface area contributed by atoms with Gasteiger partial charge in [-0.05, 0) is 66.6 Å². The largest absolute Gasteiger partial charge is 0.338 e. The Balaban J connectivity index is 1.28. The van der Waals surface area contributed by atoms with Gasteiger partial charge in [-0.2, -0.15) is 0 Å². The van der Waals surface area contributed by atoms with Gasteiger partial charge >= 0.3 is 0 Å². The molecule has 31 heavy (non-hydrogen) atoms. The minimum absolute atomic E-state index is 0.0381. The summed E-state index contributed by atoms with van der Waals surface area (Å²) in [5, 5.41) is 2.99. The molecular weight excluding hydrogens is 411 g/mol. The molecule has 0 saturated carbocycles. The summed E-state index contributed by atoms with van der Waals surface area (Å²) < 4.78 is 13.2. The highest BCUT2D eigenvalue weighted by Crippen LogP contribution is 2.41. The number of amides is 2. The van der Waals surface area contributed by atoms with Crippen LogP contribution in [0, 0.1) is 18.7 Å². The average molecular weight is 435 g/mol. The standard InChI is InChI=1S/C25H23FN2O2S/c1-15-20(16-6-8-18(26)9-7-16)14-22(31-15)25(30)28-12-10-17(11-13-28)23-19-4-2-3-5-21(19)27-24(23)29/h2-9,14,17,23H,10-13H2,1H3,(H,27,29). The van der Waals surface area contributed by atoms with Crippen molar-refractivity contribution < 1.29 is 14.0 Å². The smallest absolute Gasteiger partial charge is 0.263 e. The lowest BCUT2D eigenvalue weighted by molar-refractivity contribution is -0.118. The number of likely N-dealkylation sites (tertiary alicyclic amines) is 1. The molecule has 1 aromatic heterocycles. The number of benzene rings is 2. The number of thiophene rings is 1. The molecule has 0 bridgehead atoms. The molecule has 1 atom stereocenters. The number of nitrogens with zero attached hydrogens (tertiary/aromatic N) is 1. The third-order valence-electron chi connectivity index (χ3n) is 6.42. The van der Waals surface area contributed by atoms with E-state index in [4.69, 9.17) is 0 Å². The zero-order valence-electron chi connectivity index (χ0n) is 17.2. The first-order valence-electron chi connectivity index (χ1n) is 10.6. The van der Waals surface area contributed by atoms with Crippen LogP contribution >= 0.6 is 11.3 Å². The molecule has 4 nitrogen and oxygen atoms in total. The van der Waals surface area contributed by atoms with Crippen molar-refractivity contribution in [1.29, 1.82) is 0 Å². The maximum atomic E-state index is 13.2. The lowest BCUT2D eigenvalue weighted by Gasteiger charge is -2.34. The molecule has 3 aromatic rings. The predicted octanol–water partition coefficient (Wildman–Crippen LogP) is 5.45. The van der Waals surface area contributed by atoms with Crippen molar-refractivity contribution in [3.8, 4) is 11.1 Å². The van der Waals surface area contributed by atoms with Crippen LogP contribution in [0.15, 0.2) is 54.6 Å². The van der Waals surface area contributed by atoms with Crippen molar-refractivity contribution in [3.63, 3.8) is 0 Å². The Kier molecular flexibility index (Phi) is 5.10. The van der Waals surface area contributed by atoms with E-state index < -0.39 is 0 Å². The Hall–Kier alpha value is -2.99. The Morgan fingerprint density at radius 2 is 1.81 bits per heavy atom. The van der Waals surface area contributed by atoms with Crippen LogP contribution in [-0.4, -0.2) is 29.8 Å². The number of carbonyl (C=O) groups excluding carboxylic acids is 2. The number of carbonyl (C=O) groups is 2. The molecule has 1 N–H and O–H groups in total. The maximum absolute atomic E-state index is 13.2. The van der Waals surface area contributed by atoms with Crippen LogP contribution in [0.5, 0.6) is 0 Å². The van der Waals surface area contributed by atoms with Gasteiger partial charge in [0, 0.05) is 23.7 Å². The lowest BCUT2D eigenvalue weighted by atomic mass is 9.81. The van der Waals surface area contributed by atoms with Gasteiger partial charge in [0.1, 0.15) is 5.82 Å². The van der Waals surface area contributed by atoms with Crippen molar-refractivity contribution in [2.75, 3.05) is 18.4 Å². The summed E-state index contributed by atoms with van der Waals surface area (Å²) in [7, 11) is 0. The van der Waals surface area contributed by atoms with E-state index in [1.165, 1.54) is 23.5 Å². The third kappa shape index (κ3) is 3.65. The van der Waals surface area contributed by atoms with E-state index in [1.807, 2.05) is 42.2 Å². The number of para-hydroxylation sites is 1. The van der Waals surface area contributed by atoms with E-state index in [0.29, 0.717) is 18.0 Å². The van der Waals surface area contributed by atoms with Gasteiger partial charge in [-0.3, -0.25) is 9.59 Å². The molecule has 1 saturated heterocycles. The van der Waals surface area contributed by atoms with E-state index in [1.54, 1.807) is 12.1 Å². The molecule has 158 valence electrons. The van der Waals surface area contributed by atoms with Crippen molar-refractivity contribution in [2.24, 2.45) is 5.92 Å². The number of rotatable bonds is 3. The Morgan fingerprint density at radius 1 is 1.10 bits per heavy atom. The molecule has 1 unspecified atom stereocenters. The number of halogens is 1. The summed E-state index contributed by atoms with van der Waals surface area (Å²) in [5.41, 5.74) is 3.88. The number of fused-ring (bicyclic) bond motifs is 1. The highest BCUT2D eigenvalue weighted by Gasteiger charge is 2.38. The zero-order valence-corrected chi connectivity index (χ0v) is 18.0. The second-order valence-electron chi connectivity index (χ2n) is 8.27. The SMILES string of the molecule is Cc1sc(C(=O)N2CCC(C3C(=O)Nc4ccccc43)CC2)cc1-c1ccc(F)cc1. The van der Waals surface area contributed by atoms with Gasteiger partial charge in [0.15, 0.2) is 0 Å². The molecule has 5 rings (SSSR count). The molecule has 6 heteroatoms. The number of piperidine rings is 1. The van der Waals surface area contributed by atoms with Gasteiger partial charge in [-0.25, -0.2) is 4.39 Å². The Morgan fingerprint density at radius 3 is 2.55 bits per heavy atom. The quantitative estimate of drug-likeness (QED) is 0.596. The highest BCUT2D eigenvalue weighted by molar-refractivity contribution is 7.14. The average Bonchev–Trinajstić information content (AvgIpc) is 3.33. The number of aryl methyl sites for hydroxylation is 1. The van der Waals surface area contributed by atoms with Gasteiger partial charge in [0.05, 0.1) is 10.8 Å². The van der Waals surface area contributed by atoms with Crippen LogP contribution in [-0.2, 0) is 4.79 Å². The van der Waals surface area contributed by atoms with Crippen LogP contribution in [0.2, 0.25) is 0 Å². The first-order valence-corrected chi connectivity index (χ1v) is 11.4. The summed E-state index contributed by atoms with van der Waals surface area (Å²) in [6, 6.07) is 16.2. The highest BCUT2D eigenvalue weighted by atomic mass is 32.1. The second kappa shape index (κ2) is 7.93. The van der Waals surface area contributed by atoms with Crippen molar-refractivity contribution in [3.05, 3.63) is 75.7 Å². The van der Waals surface area contributed by atoms with Gasteiger partial charge in [-0.1, -0.05) is 30.3 Å². The summed E-state index contributed by atoms with van der Waals surface area (Å²) in [6.45, 7) is 3.29. The molecule has 0 radical (unpaired) electrons. The molecule has 2 aromatic carbocycles. The molecule has 3 heterocycles. The second-order valence-corrected chi connectivity index (χ2v) is 9.53. The first kappa shape index (κ1) is 19.9. The molecule has 2 aliphatic rings. The van der Waals surface area contributed by atoms with Crippen LogP contribution in [0.3, 0.4) is 0 Å². The molecule has 0 aliphatic carbocycles. The molecular formula is C25H23FN2O2S. The number of hydrogen-bond donors (Lipinski definition) is 1. The van der Waals surface area contributed by atoms with Gasteiger partial charge in [-0.15, -0.1) is 11.3 Å². The van der Waals surface area contributed by atoms with Crippen LogP contribution in [0.25, 0.3) is 11.1 Å². The minimum atomic E-state index is -0.269. The monoisotopic (exact) mass is 434 g/mol. The summed E-state index contributed by atoms with van der Waals surface area (Å²) in [5.74, 6) is -0.0376. The van der Waals surface area contributed by atoms with Crippen molar-refractivity contribution >= 4 is 28.8 Å². The van der Waals surface area contributed by atoms with Gasteiger partial charge in [0.2, 0.25) is 5.91 Å². The fraction of sp³-hybridized carbons (Fsp3) is 0.280. The van der Waals surface area contributed by atoms with Crippen molar-refractivity contribution in [1.82, 2.24) is 4.90 Å². The number of anilines is 1. The van der Waals surface area contributed by atoms with Crippen LogP contribution in [0.1, 0.15) is 38.9 Å². The number of hydrogen-bond acceptors (Lipinski definition) is 3. The minimum Gasteiger partial charge on any atom is -0.338 e. The fourth-order valence-corrected chi connectivity index (χ4v) is 5.81. The topological polar surface area (TPSA) is 49.4 Å². The first-order chi connectivity index (χ1) is 15.0. The number of nitrogens with one attached hydrogen (secondary N) is 1. The van der Waals surface area contributed by atoms with E-state index in [0.717, 1.165) is 40.1 Å². The molecule has 2 amide bonds. The van der Waals surface area contributed by atoms with E-state index in [2.05, 4.69) is 5.32 Å². The molecule has 0 spiro atoms. The maximum Gasteiger partial charge on any atom is 0.263 e. The van der Waals surface area contributed by atoms with E-state index >= 15 is 0 Å². The van der Waals surface area contributed by atoms with Crippen LogP contribution in [0.4, 0.5) is 10.1 Å². The van der Waals surface area contributed by atoms with Crippen molar-refractivity contribution in [2.45, 2.75) is 25.7 Å². The van der Waals surface area contributed by atoms with E-state index in [9.17, 15) is 14.0 Å². The summed E-state index contributed by atoms with van der Waals surface area (Å²) in [6.07, 6.45) is 1.63. The van der Waals surface area contributed by atoms with Gasteiger partial charge < -0.3 is 10.2 Å². The van der Waals surface area contributed by atoms with Gasteiger partial charge in [0.25, 0.3) is 5.91 Å². The van der Waals surface area contributed by atoms with E-state index in [-0.39, 0.29) is 29.5 Å². The predicted molar refractivity (Wildman–Crippen MR) is 121 cm³/mol. The summed E-state index contributed by atoms with van der Waals surface area (Å²) >= 11 is 1.48. The fourth-order valence-electron chi connectivity index (χ4n) is 4.80. The zero-order chi connectivity index (χ0) is 21.5. The molecule has 1 fully saturated rings. The summed E-state index contributed by atoms with van der Waals surface area (Å²) in [4.78, 5) is 29.3. The Labute approximate surface area is 184 Å². The van der Waals surface area contributed by atoms with Crippen LogP contribution < -0.4 is 5.32 Å². The third-order valence-corrected chi connectivity index (χ3v) is 7.46. The normalized spacial score (nSPS) is 18.7. The lowest BCUT2D eigenvalue weighted by Crippen LogP contribution is -2.40. The molecule has 2 aliphatic heterocycles. The Bertz CT molecular complexity index is 1150.